The van der Waals surface area contributed by atoms with Crippen molar-refractivity contribution in [2.24, 2.45) is 5.92 Å². The number of carbonyl (C=O) groups excluding carboxylic acids is 4. The number of methoxy groups -OCH3 is 1. The lowest BCUT2D eigenvalue weighted by Crippen LogP contribution is -2.36. The molecule has 0 bridgehead atoms. The second-order valence-corrected chi connectivity index (χ2v) is 10.5. The van der Waals surface area contributed by atoms with E-state index in [1.54, 1.807) is 12.1 Å². The van der Waals surface area contributed by atoms with E-state index in [9.17, 15) is 29.4 Å². The summed E-state index contributed by atoms with van der Waals surface area (Å²) in [4.78, 5) is 51.3. The standard InChI is InChI=1S/C30H33NO10.C2H6.C2H4.CH4O/c1-31-22(33)14-39-12-16-5-3-8-23(41-16)40-13-20(32)15-9-10-17-19(11-15)29(36)25-26(27(17)34)30(37)24-18(28(25)35)6-4-7-21(24)38-2;3*1-2/h4,6-7,15-16,23,34,36H,3,5,8-14H2,1-2H3,(H,31,33);1-2H3;1-2H2;2H,1H3/t15-,16?,23?;;;/m0.../s1. The second-order valence-electron chi connectivity index (χ2n) is 10.5. The van der Waals surface area contributed by atoms with Gasteiger partial charge in [0.05, 0.1) is 36.5 Å². The molecule has 2 aromatic carbocycles. The van der Waals surface area contributed by atoms with Crippen LogP contribution in [0, 0.1) is 5.92 Å². The van der Waals surface area contributed by atoms with Gasteiger partial charge in [-0.3, -0.25) is 19.2 Å². The molecule has 2 unspecified atom stereocenters. The van der Waals surface area contributed by atoms with Gasteiger partial charge in [-0.15, -0.1) is 13.2 Å². The molecule has 0 aromatic heterocycles. The van der Waals surface area contributed by atoms with E-state index in [4.69, 9.17) is 24.1 Å². The maximum absolute atomic E-state index is 13.4. The number of Topliss-reactive ketones (excluding diaryl/α,β-unsaturated/α-hetero) is 1. The minimum atomic E-state index is -0.598. The maximum Gasteiger partial charge on any atom is 0.245 e. The highest BCUT2D eigenvalue weighted by Gasteiger charge is 2.41. The Morgan fingerprint density at radius 3 is 2.28 bits per heavy atom. The van der Waals surface area contributed by atoms with Crippen molar-refractivity contribution >= 4 is 23.3 Å². The van der Waals surface area contributed by atoms with E-state index >= 15 is 0 Å². The first-order chi connectivity index (χ1) is 22.7. The Hall–Kier alpha value is -4.10. The normalized spacial score (nSPS) is 19.1. The number of ketones is 3. The van der Waals surface area contributed by atoms with E-state index in [2.05, 4.69) is 18.5 Å². The molecule has 0 radical (unpaired) electrons. The number of aromatic hydroxyl groups is 2. The van der Waals surface area contributed by atoms with E-state index < -0.39 is 23.8 Å². The SMILES string of the molecule is C=C.CC.CNC(=O)COCC1CCCC(OCC(=O)[C@H]2CCc3c(O)c4c(c(O)c3C2)C(=O)c2cccc(OC)c2C4=O)O1.CO. The van der Waals surface area contributed by atoms with E-state index in [-0.39, 0.29) is 90.0 Å². The summed E-state index contributed by atoms with van der Waals surface area (Å²) in [5.41, 5.74) is 0.296. The van der Waals surface area contributed by atoms with Crippen molar-refractivity contribution in [2.45, 2.75) is 64.8 Å². The number of amides is 1. The number of rotatable bonds is 9. The Morgan fingerprint density at radius 1 is 0.957 bits per heavy atom. The number of aliphatic hydroxyl groups is 1. The predicted molar refractivity (Wildman–Crippen MR) is 174 cm³/mol. The Kier molecular flexibility index (Phi) is 15.7. The number of ether oxygens (including phenoxy) is 4. The summed E-state index contributed by atoms with van der Waals surface area (Å²) in [5.74, 6) is -2.64. The van der Waals surface area contributed by atoms with Crippen molar-refractivity contribution in [1.82, 2.24) is 5.32 Å². The summed E-state index contributed by atoms with van der Waals surface area (Å²) in [6, 6.07) is 4.61. The number of phenolic OH excluding ortho intramolecular Hbond substituents is 2. The van der Waals surface area contributed by atoms with Crippen LogP contribution in [-0.4, -0.2) is 92.1 Å². The molecule has 3 aliphatic rings. The molecule has 2 aromatic rings. The van der Waals surface area contributed by atoms with E-state index in [1.807, 2.05) is 13.8 Å². The first-order valence-corrected chi connectivity index (χ1v) is 15.6. The molecule has 1 saturated heterocycles. The molecule has 12 heteroatoms. The minimum absolute atomic E-state index is 0.0494. The zero-order valence-corrected chi connectivity index (χ0v) is 27.8. The van der Waals surface area contributed by atoms with Crippen molar-refractivity contribution in [3.8, 4) is 17.2 Å². The van der Waals surface area contributed by atoms with Crippen LogP contribution in [0.3, 0.4) is 0 Å². The molecule has 0 spiro atoms. The van der Waals surface area contributed by atoms with Gasteiger partial charge in [0.2, 0.25) is 11.7 Å². The number of carbonyl (C=O) groups is 4. The molecule has 1 amide bonds. The Morgan fingerprint density at radius 2 is 1.62 bits per heavy atom. The summed E-state index contributed by atoms with van der Waals surface area (Å²) in [7, 11) is 3.92. The first-order valence-electron chi connectivity index (χ1n) is 15.6. The number of nitrogens with one attached hydrogen (secondary N) is 1. The van der Waals surface area contributed by atoms with Gasteiger partial charge in [0.15, 0.2) is 17.9 Å². The molecule has 2 aliphatic carbocycles. The lowest BCUT2D eigenvalue weighted by atomic mass is 9.75. The molecule has 258 valence electrons. The number of phenols is 2. The smallest absolute Gasteiger partial charge is 0.245 e. The van der Waals surface area contributed by atoms with Gasteiger partial charge < -0.3 is 39.6 Å². The molecular weight excluding hydrogens is 610 g/mol. The number of aliphatic hydroxyl groups excluding tert-OH is 1. The lowest BCUT2D eigenvalue weighted by molar-refractivity contribution is -0.205. The number of likely N-dealkylation sites (N-methyl/N-ethyl adjacent to an activating group) is 1. The Bertz CT molecular complexity index is 1420. The van der Waals surface area contributed by atoms with Crippen LogP contribution in [0.5, 0.6) is 17.2 Å². The summed E-state index contributed by atoms with van der Waals surface area (Å²) in [5, 5.41) is 31.8. The zero-order valence-electron chi connectivity index (χ0n) is 27.8. The van der Waals surface area contributed by atoms with Crippen LogP contribution in [0.1, 0.15) is 82.5 Å². The lowest BCUT2D eigenvalue weighted by Gasteiger charge is -2.31. The van der Waals surface area contributed by atoms with Crippen molar-refractivity contribution in [1.29, 1.82) is 0 Å². The fourth-order valence-electron chi connectivity index (χ4n) is 5.84. The Balaban J connectivity index is 0.00000121. The molecule has 12 nitrogen and oxygen atoms in total. The molecule has 5 rings (SSSR count). The van der Waals surface area contributed by atoms with Crippen LogP contribution in [0.15, 0.2) is 31.4 Å². The van der Waals surface area contributed by atoms with E-state index in [0.29, 0.717) is 24.0 Å². The number of benzene rings is 2. The average molecular weight is 658 g/mol. The quantitative estimate of drug-likeness (QED) is 0.195. The summed E-state index contributed by atoms with van der Waals surface area (Å²) in [6.07, 6.45) is 2.09. The van der Waals surface area contributed by atoms with E-state index in [0.717, 1.165) is 20.0 Å². The minimum Gasteiger partial charge on any atom is -0.507 e. The highest BCUT2D eigenvalue weighted by Crippen LogP contribution is 2.47. The maximum atomic E-state index is 13.4. The van der Waals surface area contributed by atoms with Gasteiger partial charge in [0, 0.05) is 36.8 Å². The third-order valence-corrected chi connectivity index (χ3v) is 8.02. The molecule has 0 saturated carbocycles. The van der Waals surface area contributed by atoms with Crippen LogP contribution in [0.2, 0.25) is 0 Å². The molecular formula is C35H47NO11. The molecule has 4 N–H and O–H groups in total. The van der Waals surface area contributed by atoms with Crippen LogP contribution >= 0.6 is 0 Å². The zero-order chi connectivity index (χ0) is 35.3. The average Bonchev–Trinajstić information content (AvgIpc) is 3.13. The van der Waals surface area contributed by atoms with E-state index in [1.165, 1.54) is 20.2 Å². The van der Waals surface area contributed by atoms with Gasteiger partial charge in [0.1, 0.15) is 30.5 Å². The first kappa shape index (κ1) is 39.1. The van der Waals surface area contributed by atoms with Crippen LogP contribution < -0.4 is 10.1 Å². The summed E-state index contributed by atoms with van der Waals surface area (Å²) in [6.45, 7) is 9.99. The van der Waals surface area contributed by atoms with Crippen molar-refractivity contribution < 1.29 is 53.4 Å². The van der Waals surface area contributed by atoms with Crippen molar-refractivity contribution in [3.05, 3.63) is 64.7 Å². The second kappa shape index (κ2) is 18.9. The molecule has 1 aliphatic heterocycles. The van der Waals surface area contributed by atoms with Crippen molar-refractivity contribution in [3.63, 3.8) is 0 Å². The van der Waals surface area contributed by atoms with Crippen LogP contribution in [0.4, 0.5) is 0 Å². The molecule has 47 heavy (non-hydrogen) atoms. The highest BCUT2D eigenvalue weighted by molar-refractivity contribution is 6.31. The fourth-order valence-corrected chi connectivity index (χ4v) is 5.84. The van der Waals surface area contributed by atoms with Crippen LogP contribution in [-0.2, 0) is 36.6 Å². The molecule has 3 atom stereocenters. The molecule has 1 fully saturated rings. The highest BCUT2D eigenvalue weighted by atomic mass is 16.7. The van der Waals surface area contributed by atoms with Gasteiger partial charge in [-0.25, -0.2) is 0 Å². The number of fused-ring (bicyclic) bond motifs is 3. The van der Waals surface area contributed by atoms with Gasteiger partial charge in [0.25, 0.3) is 0 Å². The largest absolute Gasteiger partial charge is 0.507 e. The van der Waals surface area contributed by atoms with Gasteiger partial charge in [-0.2, -0.15) is 0 Å². The van der Waals surface area contributed by atoms with Gasteiger partial charge in [-0.05, 0) is 44.6 Å². The van der Waals surface area contributed by atoms with Crippen molar-refractivity contribution in [2.75, 3.05) is 41.1 Å². The predicted octanol–water partition coefficient (Wildman–Crippen LogP) is 3.67. The van der Waals surface area contributed by atoms with Gasteiger partial charge >= 0.3 is 0 Å². The van der Waals surface area contributed by atoms with Gasteiger partial charge in [-0.1, -0.05) is 26.0 Å². The number of hydrogen-bond donors (Lipinski definition) is 4. The van der Waals surface area contributed by atoms with Crippen LogP contribution in [0.25, 0.3) is 0 Å². The fraction of sp³-hybridized carbons (Fsp3) is 0.486. The Labute approximate surface area is 275 Å². The molecule has 1 heterocycles. The number of hydrogen-bond acceptors (Lipinski definition) is 11. The third kappa shape index (κ3) is 8.63. The summed E-state index contributed by atoms with van der Waals surface area (Å²) < 4.78 is 22.3. The third-order valence-electron chi connectivity index (χ3n) is 8.02. The monoisotopic (exact) mass is 657 g/mol. The summed E-state index contributed by atoms with van der Waals surface area (Å²) >= 11 is 0. The topological polar surface area (TPSA) is 178 Å².